The topological polar surface area (TPSA) is 141 Å². The van der Waals surface area contributed by atoms with Crippen molar-refractivity contribution in [3.8, 4) is 0 Å². The smallest absolute Gasteiger partial charge is 0.353 e. The van der Waals surface area contributed by atoms with Crippen LogP contribution in [0.25, 0.3) is 0 Å². The van der Waals surface area contributed by atoms with Crippen LogP contribution in [0.1, 0.15) is 26.7 Å². The summed E-state index contributed by atoms with van der Waals surface area (Å²) in [5.41, 5.74) is -0.0397. The van der Waals surface area contributed by atoms with E-state index in [9.17, 15) is 28.2 Å². The highest BCUT2D eigenvalue weighted by Crippen LogP contribution is 2.51. The summed E-state index contributed by atoms with van der Waals surface area (Å²) >= 11 is 1.32. The summed E-state index contributed by atoms with van der Waals surface area (Å²) in [6.45, 7) is 3.94. The number of nitrogens with zero attached hydrogens (tertiary/aromatic N) is 2. The predicted molar refractivity (Wildman–Crippen MR) is 94.9 cm³/mol. The van der Waals surface area contributed by atoms with Gasteiger partial charge in [0.1, 0.15) is 5.70 Å². The van der Waals surface area contributed by atoms with E-state index in [1.54, 1.807) is 0 Å². The summed E-state index contributed by atoms with van der Waals surface area (Å²) in [5.74, 6) is -2.39. The molecule has 3 unspecified atom stereocenters. The molecule has 3 aliphatic rings. The monoisotopic (exact) mass is 405 g/mol. The fraction of sp³-hybridized carbons (Fsp3) is 0.733. The van der Waals surface area contributed by atoms with Gasteiger partial charge in [-0.1, -0.05) is 6.92 Å². The van der Waals surface area contributed by atoms with Gasteiger partial charge in [0.15, 0.2) is 0 Å². The number of fused-ring (bicyclic) bond motifs is 1. The molecular weight excluding hydrogens is 382 g/mol. The number of carboxylic acid groups (broad SMARTS) is 1. The maximum atomic E-state index is 12.3. The maximum absolute atomic E-state index is 12.3. The van der Waals surface area contributed by atoms with Gasteiger partial charge in [0.25, 0.3) is 10.2 Å². The summed E-state index contributed by atoms with van der Waals surface area (Å²) in [6.07, 6.45) is 0.525. The van der Waals surface area contributed by atoms with Crippen LogP contribution in [0, 0.1) is 11.8 Å². The van der Waals surface area contributed by atoms with Gasteiger partial charge in [0.05, 0.1) is 18.1 Å². The van der Waals surface area contributed by atoms with Crippen molar-refractivity contribution in [2.75, 3.05) is 13.1 Å². The van der Waals surface area contributed by atoms with Gasteiger partial charge in [-0.15, -0.1) is 11.8 Å². The molecule has 0 aliphatic carbocycles. The molecule has 11 heteroatoms. The standard InChI is InChI=1S/C15H23N3O6S2/c1-7-11-10(8(2)19)14(20)18(11)12(15(21)22)13(7)25-9-4-3-5-17(6-9)26(16,23)24/h7-11,19H,3-6H2,1-2H3,(H,21,22)(H2,16,23,24)/t7-,8-,9?,10?,11?/m1/s1. The van der Waals surface area contributed by atoms with Gasteiger partial charge in [-0.25, -0.2) is 9.93 Å². The van der Waals surface area contributed by atoms with Crippen molar-refractivity contribution in [2.24, 2.45) is 17.0 Å². The average Bonchev–Trinajstić information content (AvgIpc) is 2.76. The van der Waals surface area contributed by atoms with Gasteiger partial charge >= 0.3 is 5.97 Å². The van der Waals surface area contributed by atoms with E-state index in [1.807, 2.05) is 6.92 Å². The largest absolute Gasteiger partial charge is 0.477 e. The van der Waals surface area contributed by atoms with Gasteiger partial charge in [-0.3, -0.25) is 4.79 Å². The molecular formula is C15H23N3O6S2. The van der Waals surface area contributed by atoms with Crippen LogP contribution in [-0.2, 0) is 19.8 Å². The molecule has 3 rings (SSSR count). The number of hydrogen-bond donors (Lipinski definition) is 3. The third-order valence-corrected chi connectivity index (χ3v) is 7.89. The number of aliphatic carboxylic acids is 1. The van der Waals surface area contributed by atoms with E-state index in [2.05, 4.69) is 0 Å². The highest BCUT2D eigenvalue weighted by atomic mass is 32.2. The quantitative estimate of drug-likeness (QED) is 0.526. The summed E-state index contributed by atoms with van der Waals surface area (Å²) in [4.78, 5) is 25.9. The van der Waals surface area contributed by atoms with Gasteiger partial charge in [-0.2, -0.15) is 12.7 Å². The molecule has 3 aliphatic heterocycles. The number of aliphatic hydroxyl groups excluding tert-OH is 1. The fourth-order valence-electron chi connectivity index (χ4n) is 4.09. The van der Waals surface area contributed by atoms with E-state index in [1.165, 1.54) is 27.9 Å². The molecule has 0 radical (unpaired) electrons. The fourth-order valence-corrected chi connectivity index (χ4v) is 6.51. The number of carbonyl (C=O) groups excluding carboxylic acids is 1. The Kier molecular flexibility index (Phi) is 5.12. The lowest BCUT2D eigenvalue weighted by Crippen LogP contribution is -2.63. The van der Waals surface area contributed by atoms with Crippen molar-refractivity contribution in [2.45, 2.75) is 44.1 Å². The summed E-state index contributed by atoms with van der Waals surface area (Å²) in [6, 6.07) is -0.367. The molecule has 146 valence electrons. The van der Waals surface area contributed by atoms with Crippen LogP contribution in [0.4, 0.5) is 0 Å². The Labute approximate surface area is 156 Å². The predicted octanol–water partition coefficient (Wildman–Crippen LogP) is -0.459. The van der Waals surface area contributed by atoms with E-state index >= 15 is 0 Å². The molecule has 2 saturated heterocycles. The summed E-state index contributed by atoms with van der Waals surface area (Å²) < 4.78 is 24.4. The number of aliphatic hydroxyl groups is 1. The number of thioether (sulfide) groups is 1. The SMILES string of the molecule is C[C@@H](O)C1C(=O)N2C(C(=O)O)=C(SC3CCCN(S(N)(=O)=O)C3)[C@H](C)C12. The number of carboxylic acids is 1. The normalized spacial score (nSPS) is 33.8. The first-order chi connectivity index (χ1) is 12.0. The van der Waals surface area contributed by atoms with Gasteiger partial charge in [0, 0.05) is 29.2 Å². The lowest BCUT2D eigenvalue weighted by Gasteiger charge is -2.46. The van der Waals surface area contributed by atoms with Crippen LogP contribution in [0.3, 0.4) is 0 Å². The van der Waals surface area contributed by atoms with Crippen molar-refractivity contribution in [1.82, 2.24) is 9.21 Å². The van der Waals surface area contributed by atoms with Crippen LogP contribution >= 0.6 is 11.8 Å². The molecule has 0 bridgehead atoms. The number of carbonyl (C=O) groups is 2. The molecule has 0 spiro atoms. The van der Waals surface area contributed by atoms with Gasteiger partial charge in [-0.05, 0) is 19.8 Å². The Balaban J connectivity index is 1.84. The Morgan fingerprint density at radius 2 is 2.08 bits per heavy atom. The molecule has 0 saturated carbocycles. The lowest BCUT2D eigenvalue weighted by atomic mass is 9.79. The third-order valence-electron chi connectivity index (χ3n) is 5.31. The number of β-lactam (4-membered cyclic amide) rings is 1. The first-order valence-corrected chi connectivity index (χ1v) is 10.9. The molecule has 5 atom stereocenters. The van der Waals surface area contributed by atoms with Crippen molar-refractivity contribution < 1.29 is 28.2 Å². The Morgan fingerprint density at radius 1 is 1.42 bits per heavy atom. The van der Waals surface area contributed by atoms with E-state index in [0.717, 1.165) is 6.42 Å². The minimum Gasteiger partial charge on any atom is -0.477 e. The molecule has 0 aromatic rings. The zero-order chi connectivity index (χ0) is 19.4. The van der Waals surface area contributed by atoms with Gasteiger partial charge < -0.3 is 15.1 Å². The lowest BCUT2D eigenvalue weighted by molar-refractivity contribution is -0.163. The zero-order valence-electron chi connectivity index (χ0n) is 14.5. The van der Waals surface area contributed by atoms with Crippen LogP contribution < -0.4 is 5.14 Å². The van der Waals surface area contributed by atoms with Gasteiger partial charge in [0.2, 0.25) is 5.91 Å². The second-order valence-electron chi connectivity index (χ2n) is 7.06. The molecule has 9 nitrogen and oxygen atoms in total. The van der Waals surface area contributed by atoms with Crippen LogP contribution in [0.15, 0.2) is 10.6 Å². The molecule has 1 amide bonds. The van der Waals surface area contributed by atoms with E-state index < -0.39 is 28.2 Å². The van der Waals surface area contributed by atoms with Crippen LogP contribution in [-0.4, -0.2) is 70.2 Å². The molecule has 0 aromatic heterocycles. The molecule has 26 heavy (non-hydrogen) atoms. The van der Waals surface area contributed by atoms with E-state index in [0.29, 0.717) is 17.9 Å². The van der Waals surface area contributed by atoms with E-state index in [-0.39, 0.29) is 35.4 Å². The van der Waals surface area contributed by atoms with Crippen molar-refractivity contribution in [1.29, 1.82) is 0 Å². The number of nitrogens with two attached hydrogens (primary N) is 1. The van der Waals surface area contributed by atoms with Crippen molar-refractivity contribution >= 4 is 33.8 Å². The van der Waals surface area contributed by atoms with Crippen molar-refractivity contribution in [3.05, 3.63) is 10.6 Å². The second kappa shape index (κ2) is 6.79. The number of amides is 1. The first kappa shape index (κ1) is 19.6. The average molecular weight is 405 g/mol. The number of rotatable bonds is 5. The Hall–Kier alpha value is -1.14. The minimum atomic E-state index is -3.78. The van der Waals surface area contributed by atoms with E-state index in [4.69, 9.17) is 5.14 Å². The molecule has 3 heterocycles. The Bertz CT molecular complexity index is 765. The van der Waals surface area contributed by atoms with Crippen LogP contribution in [0.5, 0.6) is 0 Å². The number of piperidine rings is 1. The number of hydrogen-bond acceptors (Lipinski definition) is 6. The first-order valence-electron chi connectivity index (χ1n) is 8.47. The zero-order valence-corrected chi connectivity index (χ0v) is 16.2. The highest BCUT2D eigenvalue weighted by Gasteiger charge is 2.60. The summed E-state index contributed by atoms with van der Waals surface area (Å²) in [7, 11) is -3.78. The molecule has 2 fully saturated rings. The third kappa shape index (κ3) is 3.15. The minimum absolute atomic E-state index is 0.0397. The second-order valence-corrected chi connectivity index (χ2v) is 9.95. The molecule has 0 aromatic carbocycles. The van der Waals surface area contributed by atoms with Crippen LogP contribution in [0.2, 0.25) is 0 Å². The highest BCUT2D eigenvalue weighted by molar-refractivity contribution is 8.03. The summed E-state index contributed by atoms with van der Waals surface area (Å²) in [5, 5.41) is 24.6. The van der Waals surface area contributed by atoms with Crippen molar-refractivity contribution in [3.63, 3.8) is 0 Å². The maximum Gasteiger partial charge on any atom is 0.353 e. The molecule has 4 N–H and O–H groups in total. The Morgan fingerprint density at radius 3 is 2.62 bits per heavy atom.